The van der Waals surface area contributed by atoms with Gasteiger partial charge < -0.3 is 19.9 Å². The first-order chi connectivity index (χ1) is 10.4. The van der Waals surface area contributed by atoms with Crippen LogP contribution >= 0.6 is 15.9 Å². The predicted octanol–water partition coefficient (Wildman–Crippen LogP) is 2.01. The van der Waals surface area contributed by atoms with E-state index < -0.39 is 35.4 Å². The number of hydrogen-bond donors (Lipinski definition) is 2. The highest BCUT2D eigenvalue weighted by Crippen LogP contribution is 2.42. The Bertz CT molecular complexity index is 640. The number of carbonyl (C=O) groups is 2. The number of rotatable bonds is 2. The quantitative estimate of drug-likeness (QED) is 0.828. The van der Waals surface area contributed by atoms with Crippen LogP contribution in [0.4, 0.5) is 9.18 Å². The van der Waals surface area contributed by atoms with Crippen LogP contribution < -0.4 is 5.32 Å². The van der Waals surface area contributed by atoms with Crippen LogP contribution in [-0.2, 0) is 19.8 Å². The molecule has 2 aliphatic rings. The molecule has 0 aromatic heterocycles. The van der Waals surface area contributed by atoms with E-state index in [-0.39, 0.29) is 25.2 Å². The topological polar surface area (TPSA) is 84.9 Å². The lowest BCUT2D eigenvalue weighted by Crippen LogP contribution is -2.63. The van der Waals surface area contributed by atoms with Crippen molar-refractivity contribution in [1.29, 1.82) is 0 Å². The molecule has 3 rings (SSSR count). The summed E-state index contributed by atoms with van der Waals surface area (Å²) >= 11 is 3.28. The van der Waals surface area contributed by atoms with Crippen LogP contribution in [0.2, 0.25) is 0 Å². The fourth-order valence-electron chi connectivity index (χ4n) is 3.00. The number of halogens is 2. The third kappa shape index (κ3) is 2.46. The minimum atomic E-state index is -1.13. The molecule has 2 N–H and O–H groups in total. The van der Waals surface area contributed by atoms with Crippen LogP contribution in [0.1, 0.15) is 12.0 Å². The number of nitrogens with one attached hydrogen (secondary N) is 1. The second-order valence-electron chi connectivity index (χ2n) is 5.39. The van der Waals surface area contributed by atoms with Crippen molar-refractivity contribution in [3.63, 3.8) is 0 Å². The molecule has 2 aliphatic heterocycles. The number of benzene rings is 1. The maximum absolute atomic E-state index is 14.3. The molecule has 0 bridgehead atoms. The van der Waals surface area contributed by atoms with E-state index in [1.165, 1.54) is 6.07 Å². The molecule has 8 heteroatoms. The van der Waals surface area contributed by atoms with E-state index in [4.69, 9.17) is 14.6 Å². The number of carboxylic acid groups (broad SMARTS) is 1. The fraction of sp³-hybridized carbons (Fsp3) is 0.429. The summed E-state index contributed by atoms with van der Waals surface area (Å²) in [6.07, 6.45) is -1.54. The van der Waals surface area contributed by atoms with Gasteiger partial charge in [-0.15, -0.1) is 0 Å². The SMILES string of the molecule is O=C1N[C@@]2(c3cc(Br)ccc3F)CO[C@@H](C(=O)O)CC2CO1. The Morgan fingerprint density at radius 3 is 3.00 bits per heavy atom. The van der Waals surface area contributed by atoms with Crippen molar-refractivity contribution in [3.8, 4) is 0 Å². The molecular weight excluding hydrogens is 361 g/mol. The largest absolute Gasteiger partial charge is 0.479 e. The van der Waals surface area contributed by atoms with E-state index in [1.807, 2.05) is 0 Å². The van der Waals surface area contributed by atoms with Gasteiger partial charge in [-0.05, 0) is 24.6 Å². The summed E-state index contributed by atoms with van der Waals surface area (Å²) in [6.45, 7) is -0.109. The van der Waals surface area contributed by atoms with Gasteiger partial charge in [0.2, 0.25) is 0 Å². The first kappa shape index (κ1) is 15.2. The monoisotopic (exact) mass is 373 g/mol. The van der Waals surface area contributed by atoms with Crippen molar-refractivity contribution in [2.45, 2.75) is 18.1 Å². The van der Waals surface area contributed by atoms with Crippen molar-refractivity contribution in [1.82, 2.24) is 5.32 Å². The zero-order valence-corrected chi connectivity index (χ0v) is 12.9. The molecule has 2 saturated heterocycles. The highest BCUT2D eigenvalue weighted by atomic mass is 79.9. The molecule has 1 unspecified atom stereocenters. The van der Waals surface area contributed by atoms with Gasteiger partial charge in [-0.2, -0.15) is 0 Å². The molecule has 1 aromatic rings. The molecule has 0 spiro atoms. The van der Waals surface area contributed by atoms with E-state index >= 15 is 0 Å². The van der Waals surface area contributed by atoms with Crippen molar-refractivity contribution >= 4 is 28.0 Å². The van der Waals surface area contributed by atoms with Crippen LogP contribution in [0.25, 0.3) is 0 Å². The predicted molar refractivity (Wildman–Crippen MR) is 75.7 cm³/mol. The number of cyclic esters (lactones) is 1. The van der Waals surface area contributed by atoms with E-state index in [1.54, 1.807) is 12.1 Å². The van der Waals surface area contributed by atoms with Crippen LogP contribution in [0.5, 0.6) is 0 Å². The van der Waals surface area contributed by atoms with Crippen molar-refractivity contribution in [3.05, 3.63) is 34.1 Å². The summed E-state index contributed by atoms with van der Waals surface area (Å²) in [5, 5.41) is 11.7. The Morgan fingerprint density at radius 1 is 1.50 bits per heavy atom. The van der Waals surface area contributed by atoms with E-state index in [2.05, 4.69) is 21.2 Å². The number of hydrogen-bond acceptors (Lipinski definition) is 4. The van der Waals surface area contributed by atoms with Gasteiger partial charge in [0.15, 0.2) is 6.10 Å². The molecule has 0 radical (unpaired) electrons. The number of ether oxygens (including phenoxy) is 2. The summed E-state index contributed by atoms with van der Waals surface area (Å²) in [6, 6.07) is 4.41. The zero-order chi connectivity index (χ0) is 15.9. The molecule has 0 saturated carbocycles. The van der Waals surface area contributed by atoms with E-state index in [0.717, 1.165) is 0 Å². The van der Waals surface area contributed by atoms with Gasteiger partial charge in [-0.3, -0.25) is 0 Å². The Kier molecular flexibility index (Phi) is 3.82. The second kappa shape index (κ2) is 5.51. The van der Waals surface area contributed by atoms with Crippen LogP contribution in [-0.4, -0.2) is 36.5 Å². The number of carboxylic acids is 1. The minimum Gasteiger partial charge on any atom is -0.479 e. The van der Waals surface area contributed by atoms with Crippen molar-refractivity contribution in [2.24, 2.45) is 5.92 Å². The van der Waals surface area contributed by atoms with Crippen LogP contribution in [0, 0.1) is 11.7 Å². The average molecular weight is 374 g/mol. The molecule has 2 fully saturated rings. The summed E-state index contributed by atoms with van der Waals surface area (Å²) in [5.41, 5.74) is -0.873. The maximum Gasteiger partial charge on any atom is 0.407 e. The smallest absolute Gasteiger partial charge is 0.407 e. The first-order valence-electron chi connectivity index (χ1n) is 6.67. The molecule has 6 nitrogen and oxygen atoms in total. The minimum absolute atomic E-state index is 0.0188. The molecule has 118 valence electrons. The number of alkyl carbamates (subject to hydrolysis) is 1. The standard InChI is InChI=1S/C14H13BrFNO5/c15-8-1-2-10(16)9(4-8)14-6-22-11(12(18)19)3-7(14)5-21-13(20)17-14/h1-2,4,7,11H,3,5-6H2,(H,17,20)(H,18,19)/t7?,11-,14+/m1/s1. The van der Waals surface area contributed by atoms with Gasteiger partial charge in [0.1, 0.15) is 11.4 Å². The van der Waals surface area contributed by atoms with Crippen molar-refractivity contribution in [2.75, 3.05) is 13.2 Å². The van der Waals surface area contributed by atoms with Gasteiger partial charge in [0, 0.05) is 16.0 Å². The molecule has 0 aliphatic carbocycles. The molecule has 1 amide bonds. The Hall–Kier alpha value is -1.67. The van der Waals surface area contributed by atoms with Gasteiger partial charge in [-0.1, -0.05) is 15.9 Å². The molecule has 3 atom stereocenters. The highest BCUT2D eigenvalue weighted by Gasteiger charge is 2.52. The van der Waals surface area contributed by atoms with Gasteiger partial charge in [0.25, 0.3) is 0 Å². The summed E-state index contributed by atoms with van der Waals surface area (Å²) in [5.74, 6) is -1.98. The van der Waals surface area contributed by atoms with Gasteiger partial charge in [-0.25, -0.2) is 14.0 Å². The Labute approximate surface area is 133 Å². The van der Waals surface area contributed by atoms with Gasteiger partial charge >= 0.3 is 12.1 Å². The average Bonchev–Trinajstić information content (AvgIpc) is 2.48. The van der Waals surface area contributed by atoms with Crippen LogP contribution in [0.15, 0.2) is 22.7 Å². The summed E-state index contributed by atoms with van der Waals surface area (Å²) in [7, 11) is 0. The number of aliphatic carboxylic acids is 1. The van der Waals surface area contributed by atoms with Crippen LogP contribution in [0.3, 0.4) is 0 Å². The molecular formula is C14H13BrFNO5. The highest BCUT2D eigenvalue weighted by molar-refractivity contribution is 9.10. The fourth-order valence-corrected chi connectivity index (χ4v) is 3.36. The number of carbonyl (C=O) groups excluding carboxylic acids is 1. The molecule has 22 heavy (non-hydrogen) atoms. The normalized spacial score (nSPS) is 30.9. The molecule has 2 heterocycles. The van der Waals surface area contributed by atoms with Crippen molar-refractivity contribution < 1.29 is 28.6 Å². The maximum atomic E-state index is 14.3. The third-order valence-electron chi connectivity index (χ3n) is 4.13. The van der Waals surface area contributed by atoms with E-state index in [0.29, 0.717) is 4.47 Å². The Morgan fingerprint density at radius 2 is 2.27 bits per heavy atom. The number of fused-ring (bicyclic) bond motifs is 1. The van der Waals surface area contributed by atoms with Gasteiger partial charge in [0.05, 0.1) is 13.2 Å². The second-order valence-corrected chi connectivity index (χ2v) is 6.31. The molecule has 1 aromatic carbocycles. The van der Waals surface area contributed by atoms with E-state index in [9.17, 15) is 14.0 Å². The number of amides is 1. The Balaban J connectivity index is 2.04. The lowest BCUT2D eigenvalue weighted by atomic mass is 9.73. The lowest BCUT2D eigenvalue weighted by molar-refractivity contribution is -0.165. The zero-order valence-electron chi connectivity index (χ0n) is 11.3. The lowest BCUT2D eigenvalue weighted by Gasteiger charge is -2.48. The summed E-state index contributed by atoms with van der Waals surface area (Å²) < 4.78 is 25.3. The third-order valence-corrected chi connectivity index (χ3v) is 4.63. The first-order valence-corrected chi connectivity index (χ1v) is 7.46. The summed E-state index contributed by atoms with van der Waals surface area (Å²) in [4.78, 5) is 22.8.